The average Bonchev–Trinajstić information content (AvgIpc) is 3.05. The molecule has 1 amide bonds. The number of carboxylic acids is 1. The summed E-state index contributed by atoms with van der Waals surface area (Å²) < 4.78 is 79.0. The molecule has 2 aliphatic heterocycles. The molecule has 0 radical (unpaired) electrons. The minimum absolute atomic E-state index is 0.0201. The Morgan fingerprint density at radius 2 is 1.75 bits per heavy atom. The van der Waals surface area contributed by atoms with Crippen molar-refractivity contribution in [3.05, 3.63) is 115 Å². The van der Waals surface area contributed by atoms with Crippen LogP contribution < -0.4 is 15.6 Å². The normalized spacial score (nSPS) is 17.5. The summed E-state index contributed by atoms with van der Waals surface area (Å²) in [6.07, 6.45) is -6.08. The van der Waals surface area contributed by atoms with Gasteiger partial charge in [-0.25, -0.2) is 8.78 Å². The number of rotatable bonds is 6. The van der Waals surface area contributed by atoms with Crippen molar-refractivity contribution in [2.75, 3.05) is 19.6 Å². The molecule has 3 aromatic carbocycles. The maximum absolute atomic E-state index is 15.9. The van der Waals surface area contributed by atoms with Gasteiger partial charge in [-0.1, -0.05) is 37.6 Å². The molecule has 4 bridgehead atoms. The molecule has 2 atom stereocenters. The van der Waals surface area contributed by atoms with E-state index in [1.54, 1.807) is 36.1 Å². The van der Waals surface area contributed by atoms with Crippen LogP contribution in [0.25, 0.3) is 11.1 Å². The van der Waals surface area contributed by atoms with Crippen molar-refractivity contribution >= 4 is 23.5 Å². The number of carboxylic acid groups (broad SMARTS) is 1. The van der Waals surface area contributed by atoms with E-state index in [-0.39, 0.29) is 59.1 Å². The van der Waals surface area contributed by atoms with Crippen molar-refractivity contribution in [3.63, 3.8) is 0 Å². The lowest BCUT2D eigenvalue weighted by atomic mass is 9.92. The Hall–Kier alpha value is -4.75. The summed E-state index contributed by atoms with van der Waals surface area (Å²) in [5, 5.41) is 12.5. The molecule has 276 valence electrons. The Balaban J connectivity index is 0.00000257. The second-order valence-corrected chi connectivity index (χ2v) is 13.0. The third-order valence-corrected chi connectivity index (χ3v) is 9.14. The fraction of sp³-hybridized carbons (Fsp3) is 0.342. The van der Waals surface area contributed by atoms with Gasteiger partial charge < -0.3 is 15.2 Å². The van der Waals surface area contributed by atoms with E-state index >= 15 is 4.39 Å². The number of amides is 1. The molecule has 2 aliphatic rings. The van der Waals surface area contributed by atoms with Crippen molar-refractivity contribution in [3.8, 4) is 22.6 Å². The van der Waals surface area contributed by atoms with Crippen LogP contribution >= 0.6 is 11.6 Å². The molecule has 2 N–H and O–H groups in total. The molecule has 1 unspecified atom stereocenters. The molecule has 6 rings (SSSR count). The van der Waals surface area contributed by atoms with E-state index in [0.29, 0.717) is 22.9 Å². The fourth-order valence-electron chi connectivity index (χ4n) is 6.55. The van der Waals surface area contributed by atoms with Crippen molar-refractivity contribution in [1.29, 1.82) is 0 Å². The lowest BCUT2D eigenvalue weighted by Gasteiger charge is -2.34. The molecule has 1 fully saturated rings. The predicted molar refractivity (Wildman–Crippen MR) is 186 cm³/mol. The second kappa shape index (κ2) is 15.5. The quantitative estimate of drug-likeness (QED) is 0.193. The average molecular weight is 746 g/mol. The number of aromatic nitrogens is 1. The molecule has 1 aromatic heterocycles. The minimum Gasteiger partial charge on any atom is -0.481 e. The SMILES string of the molecule is CC.Cc1cc2cc(c1F)[C@H](CC(=O)O)NC(=O)C(n1cc(CCN3CC(F)C3)c(C(F)(F)F)cc1=O)c1cc(Cl)cc(c1)Oc1cccc(C)c1-2. The number of halogens is 6. The summed E-state index contributed by atoms with van der Waals surface area (Å²) in [7, 11) is 0. The molecular weight excluding hydrogens is 709 g/mol. The van der Waals surface area contributed by atoms with E-state index in [2.05, 4.69) is 5.32 Å². The van der Waals surface area contributed by atoms with Crippen molar-refractivity contribution in [2.45, 2.75) is 65.0 Å². The van der Waals surface area contributed by atoms with Crippen LogP contribution in [0.15, 0.2) is 65.6 Å². The van der Waals surface area contributed by atoms with E-state index in [1.807, 2.05) is 13.8 Å². The molecule has 14 heteroatoms. The number of nitrogens with one attached hydrogen (secondary N) is 1. The number of aryl methyl sites for hydroxylation is 2. The van der Waals surface area contributed by atoms with Gasteiger partial charge in [0, 0.05) is 48.0 Å². The zero-order chi connectivity index (χ0) is 38.1. The Labute approximate surface area is 301 Å². The first-order chi connectivity index (χ1) is 24.6. The number of aliphatic carboxylic acids is 1. The smallest absolute Gasteiger partial charge is 0.416 e. The number of alkyl halides is 4. The first-order valence-corrected chi connectivity index (χ1v) is 17.1. The molecule has 4 aromatic rings. The Morgan fingerprint density at radius 3 is 2.40 bits per heavy atom. The molecule has 8 nitrogen and oxygen atoms in total. The number of carbonyl (C=O) groups excluding carboxylic acids is 1. The molecule has 1 saturated heterocycles. The second-order valence-electron chi connectivity index (χ2n) is 12.6. The van der Waals surface area contributed by atoms with E-state index in [1.165, 1.54) is 31.2 Å². The summed E-state index contributed by atoms with van der Waals surface area (Å²) in [5.74, 6) is -2.73. The van der Waals surface area contributed by atoms with Crippen molar-refractivity contribution in [2.24, 2.45) is 0 Å². The van der Waals surface area contributed by atoms with Gasteiger partial charge in [0.15, 0.2) is 0 Å². The zero-order valence-corrected chi connectivity index (χ0v) is 29.5. The number of likely N-dealkylation sites (tertiary alicyclic amines) is 1. The summed E-state index contributed by atoms with van der Waals surface area (Å²) in [5.41, 5.74) is -0.954. The fourth-order valence-corrected chi connectivity index (χ4v) is 6.78. The topological polar surface area (TPSA) is 101 Å². The maximum Gasteiger partial charge on any atom is 0.416 e. The standard InChI is InChI=1S/C36H31ClF5N3O5.C2H6/c1-18-4-3-5-29-32(18)21-8-19(2)33(39)26(11-21)28(14-31(47)48)43-35(49)34(22-9-23(37)12-25(10-22)50-29)45-15-20(6-7-44-16-24(38)17-44)27(13-30(45)46)36(40,41)42;1-2/h3-5,8-13,15,24,28,34H,6-7,14,16-17H2,1-2H3,(H,43,49)(H,47,48);1-2H3/t28-,34?;/m0./s1. The Morgan fingerprint density at radius 1 is 1.04 bits per heavy atom. The van der Waals surface area contributed by atoms with Gasteiger partial charge in [-0.05, 0) is 84.5 Å². The van der Waals surface area contributed by atoms with Crippen LogP contribution in [0.3, 0.4) is 0 Å². The largest absolute Gasteiger partial charge is 0.481 e. The molecule has 0 aliphatic carbocycles. The van der Waals surface area contributed by atoms with Gasteiger partial charge in [0.05, 0.1) is 18.0 Å². The number of hydrogen-bond donors (Lipinski definition) is 2. The van der Waals surface area contributed by atoms with Gasteiger partial charge >= 0.3 is 12.1 Å². The first kappa shape index (κ1) is 38.5. The highest BCUT2D eigenvalue weighted by atomic mass is 35.5. The summed E-state index contributed by atoms with van der Waals surface area (Å²) >= 11 is 6.51. The van der Waals surface area contributed by atoms with Gasteiger partial charge in [0.1, 0.15) is 29.5 Å². The lowest BCUT2D eigenvalue weighted by molar-refractivity contribution is -0.139. The number of fused-ring (bicyclic) bond motifs is 6. The lowest BCUT2D eigenvalue weighted by Crippen LogP contribution is -2.49. The highest BCUT2D eigenvalue weighted by Gasteiger charge is 2.37. The van der Waals surface area contributed by atoms with Crippen LogP contribution in [0.1, 0.15) is 65.7 Å². The minimum atomic E-state index is -4.92. The van der Waals surface area contributed by atoms with Gasteiger partial charge in [-0.15, -0.1) is 0 Å². The molecular formula is C38H37ClF5N3O5. The number of ether oxygens (including phenoxy) is 1. The van der Waals surface area contributed by atoms with E-state index < -0.39 is 59.7 Å². The van der Waals surface area contributed by atoms with E-state index in [9.17, 15) is 37.1 Å². The van der Waals surface area contributed by atoms with E-state index in [4.69, 9.17) is 16.3 Å². The van der Waals surface area contributed by atoms with Crippen LogP contribution in [-0.4, -0.2) is 52.3 Å². The summed E-state index contributed by atoms with van der Waals surface area (Å²) in [4.78, 5) is 41.6. The molecule has 52 heavy (non-hydrogen) atoms. The van der Waals surface area contributed by atoms with E-state index in [0.717, 1.165) is 16.3 Å². The number of carbonyl (C=O) groups is 2. The van der Waals surface area contributed by atoms with Crippen molar-refractivity contribution < 1.29 is 41.4 Å². The number of hydrogen-bond acceptors (Lipinski definition) is 5. The van der Waals surface area contributed by atoms with Crippen LogP contribution in [0.5, 0.6) is 11.5 Å². The maximum atomic E-state index is 15.9. The third kappa shape index (κ3) is 8.15. The molecule has 3 heterocycles. The summed E-state index contributed by atoms with van der Waals surface area (Å²) in [6.45, 7) is 7.47. The number of pyridine rings is 1. The number of nitrogens with zero attached hydrogens (tertiary/aromatic N) is 2. The van der Waals surface area contributed by atoms with Crippen molar-refractivity contribution in [1.82, 2.24) is 14.8 Å². The van der Waals surface area contributed by atoms with Gasteiger partial charge in [0.2, 0.25) is 5.91 Å². The van der Waals surface area contributed by atoms with Crippen LogP contribution in [0.2, 0.25) is 5.02 Å². The Bertz CT molecular complexity index is 2060. The van der Waals surface area contributed by atoms with Crippen LogP contribution in [0.4, 0.5) is 22.0 Å². The molecule has 0 spiro atoms. The van der Waals surface area contributed by atoms with Gasteiger partial charge in [0.25, 0.3) is 5.56 Å². The summed E-state index contributed by atoms with van der Waals surface area (Å²) in [6, 6.07) is 9.56. The third-order valence-electron chi connectivity index (χ3n) is 8.92. The van der Waals surface area contributed by atoms with Gasteiger partial charge in [-0.3, -0.25) is 23.9 Å². The highest BCUT2D eigenvalue weighted by molar-refractivity contribution is 6.30. The highest BCUT2D eigenvalue weighted by Crippen LogP contribution is 2.41. The van der Waals surface area contributed by atoms with Crippen LogP contribution in [-0.2, 0) is 22.2 Å². The Kier molecular flexibility index (Phi) is 11.4. The first-order valence-electron chi connectivity index (χ1n) is 16.7. The monoisotopic (exact) mass is 745 g/mol. The molecule has 0 saturated carbocycles. The zero-order valence-electron chi connectivity index (χ0n) is 28.8. The van der Waals surface area contributed by atoms with Crippen LogP contribution in [0, 0.1) is 19.7 Å². The number of benzene rings is 3. The van der Waals surface area contributed by atoms with Gasteiger partial charge in [-0.2, -0.15) is 13.2 Å². The predicted octanol–water partition coefficient (Wildman–Crippen LogP) is 8.19.